The van der Waals surface area contributed by atoms with E-state index in [1.807, 2.05) is 6.07 Å². The summed E-state index contributed by atoms with van der Waals surface area (Å²) < 4.78 is 0. The molecule has 1 aromatic carbocycles. The van der Waals surface area contributed by atoms with E-state index in [1.54, 1.807) is 23.5 Å². The van der Waals surface area contributed by atoms with E-state index in [0.29, 0.717) is 6.54 Å². The van der Waals surface area contributed by atoms with E-state index in [-0.39, 0.29) is 10.7 Å². The number of hydrogen-bond donors (Lipinski definition) is 1. The van der Waals surface area contributed by atoms with Crippen LogP contribution in [0.1, 0.15) is 10.4 Å². The van der Waals surface area contributed by atoms with Gasteiger partial charge in [0.25, 0.3) is 5.69 Å². The van der Waals surface area contributed by atoms with E-state index in [4.69, 9.17) is 11.6 Å². The first-order valence-corrected chi connectivity index (χ1v) is 7.08. The van der Waals surface area contributed by atoms with Gasteiger partial charge in [0.1, 0.15) is 5.02 Å². The Labute approximate surface area is 120 Å². The Morgan fingerprint density at radius 3 is 2.89 bits per heavy atom. The molecule has 2 rings (SSSR count). The second kappa shape index (κ2) is 6.65. The van der Waals surface area contributed by atoms with Gasteiger partial charge >= 0.3 is 0 Å². The summed E-state index contributed by atoms with van der Waals surface area (Å²) in [4.78, 5) is 11.6. The second-order valence-electron chi connectivity index (χ2n) is 4.05. The molecule has 19 heavy (non-hydrogen) atoms. The van der Waals surface area contributed by atoms with E-state index < -0.39 is 4.92 Å². The largest absolute Gasteiger partial charge is 0.312 e. The molecule has 0 amide bonds. The van der Waals surface area contributed by atoms with Gasteiger partial charge in [0.05, 0.1) is 4.92 Å². The average Bonchev–Trinajstić information content (AvgIpc) is 2.89. The van der Waals surface area contributed by atoms with Crippen molar-refractivity contribution in [3.63, 3.8) is 0 Å². The van der Waals surface area contributed by atoms with E-state index >= 15 is 0 Å². The van der Waals surface area contributed by atoms with Crippen molar-refractivity contribution in [2.45, 2.75) is 13.0 Å². The molecule has 0 atom stereocenters. The van der Waals surface area contributed by atoms with Crippen molar-refractivity contribution in [2.24, 2.45) is 0 Å². The van der Waals surface area contributed by atoms with Gasteiger partial charge in [-0.1, -0.05) is 23.7 Å². The molecule has 100 valence electrons. The number of nitro benzene ring substituents is 1. The van der Waals surface area contributed by atoms with Crippen LogP contribution in [0.3, 0.4) is 0 Å². The molecule has 4 nitrogen and oxygen atoms in total. The van der Waals surface area contributed by atoms with Crippen LogP contribution in [0.15, 0.2) is 35.7 Å². The number of hydrogen-bond acceptors (Lipinski definition) is 4. The third-order valence-corrected chi connectivity index (χ3v) is 3.92. The Hall–Kier alpha value is -1.43. The summed E-state index contributed by atoms with van der Waals surface area (Å²) in [6, 6.07) is 9.01. The minimum atomic E-state index is -0.461. The average molecular weight is 297 g/mol. The zero-order chi connectivity index (χ0) is 13.7. The number of thiophene rings is 1. The lowest BCUT2D eigenvalue weighted by Gasteiger charge is -2.04. The standard InChI is InChI=1S/C13H13ClN2O2S/c14-12-4-3-10(8-13(12)16(17)18)9-15-6-5-11-2-1-7-19-11/h1-4,7-8,15H,5-6,9H2. The number of benzene rings is 1. The highest BCUT2D eigenvalue weighted by atomic mass is 35.5. The lowest BCUT2D eigenvalue weighted by Crippen LogP contribution is -2.16. The van der Waals surface area contributed by atoms with Crippen LogP contribution in [-0.4, -0.2) is 11.5 Å². The maximum atomic E-state index is 10.8. The zero-order valence-electron chi connectivity index (χ0n) is 10.1. The molecule has 1 aromatic heterocycles. The molecule has 1 heterocycles. The fourth-order valence-corrected chi connectivity index (χ4v) is 2.60. The summed E-state index contributed by atoms with van der Waals surface area (Å²) in [5, 5.41) is 16.3. The molecule has 0 fully saturated rings. The number of rotatable bonds is 6. The number of nitro groups is 1. The van der Waals surface area contributed by atoms with Crippen LogP contribution < -0.4 is 5.32 Å². The van der Waals surface area contributed by atoms with Crippen molar-refractivity contribution < 1.29 is 4.92 Å². The van der Waals surface area contributed by atoms with Gasteiger partial charge in [-0.2, -0.15) is 0 Å². The Balaban J connectivity index is 1.86. The third-order valence-electron chi connectivity index (χ3n) is 2.66. The molecule has 0 aliphatic carbocycles. The topological polar surface area (TPSA) is 55.2 Å². The van der Waals surface area contributed by atoms with Gasteiger partial charge in [0, 0.05) is 24.0 Å². The minimum absolute atomic E-state index is 0.0424. The Morgan fingerprint density at radius 1 is 1.37 bits per heavy atom. The zero-order valence-corrected chi connectivity index (χ0v) is 11.7. The van der Waals surface area contributed by atoms with Crippen LogP contribution in [0.5, 0.6) is 0 Å². The van der Waals surface area contributed by atoms with Crippen molar-refractivity contribution in [3.05, 3.63) is 61.3 Å². The summed E-state index contributed by atoms with van der Waals surface area (Å²) in [6.07, 6.45) is 0.966. The molecule has 0 bridgehead atoms. The van der Waals surface area contributed by atoms with Crippen LogP contribution in [-0.2, 0) is 13.0 Å². The molecule has 0 unspecified atom stereocenters. The normalized spacial score (nSPS) is 10.6. The lowest BCUT2D eigenvalue weighted by molar-refractivity contribution is -0.384. The first-order valence-electron chi connectivity index (χ1n) is 5.83. The summed E-state index contributed by atoms with van der Waals surface area (Å²) in [7, 11) is 0. The molecule has 6 heteroatoms. The molecule has 0 aliphatic heterocycles. The highest BCUT2D eigenvalue weighted by Crippen LogP contribution is 2.24. The van der Waals surface area contributed by atoms with E-state index in [2.05, 4.69) is 16.8 Å². The van der Waals surface area contributed by atoms with Gasteiger partial charge in [0.2, 0.25) is 0 Å². The maximum Gasteiger partial charge on any atom is 0.288 e. The predicted octanol–water partition coefficient (Wildman–Crippen LogP) is 3.64. The van der Waals surface area contributed by atoms with Crippen molar-refractivity contribution in [3.8, 4) is 0 Å². The molecular formula is C13H13ClN2O2S. The van der Waals surface area contributed by atoms with E-state index in [0.717, 1.165) is 18.5 Å². The lowest BCUT2D eigenvalue weighted by atomic mass is 10.2. The highest BCUT2D eigenvalue weighted by molar-refractivity contribution is 7.09. The van der Waals surface area contributed by atoms with Crippen LogP contribution in [0.4, 0.5) is 5.69 Å². The van der Waals surface area contributed by atoms with Gasteiger partial charge in [0.15, 0.2) is 0 Å². The van der Waals surface area contributed by atoms with Gasteiger partial charge in [-0.05, 0) is 29.5 Å². The first kappa shape index (κ1) is 14.0. The Kier molecular flexibility index (Phi) is 4.90. The maximum absolute atomic E-state index is 10.8. The fraction of sp³-hybridized carbons (Fsp3) is 0.231. The SMILES string of the molecule is O=[N+]([O-])c1cc(CNCCc2cccs2)ccc1Cl. The van der Waals surface area contributed by atoms with E-state index in [1.165, 1.54) is 10.9 Å². The van der Waals surface area contributed by atoms with Crippen LogP contribution in [0.25, 0.3) is 0 Å². The molecule has 2 aromatic rings. The summed E-state index contributed by atoms with van der Waals surface area (Å²) in [5.74, 6) is 0. The summed E-state index contributed by atoms with van der Waals surface area (Å²) in [5.41, 5.74) is 0.821. The Morgan fingerprint density at radius 2 is 2.21 bits per heavy atom. The molecule has 0 saturated heterocycles. The predicted molar refractivity (Wildman–Crippen MR) is 77.8 cm³/mol. The molecule has 0 saturated carbocycles. The van der Waals surface area contributed by atoms with Gasteiger partial charge in [-0.3, -0.25) is 10.1 Å². The second-order valence-corrected chi connectivity index (χ2v) is 5.49. The van der Waals surface area contributed by atoms with Crippen molar-refractivity contribution in [1.29, 1.82) is 0 Å². The monoisotopic (exact) mass is 296 g/mol. The molecule has 1 N–H and O–H groups in total. The van der Waals surface area contributed by atoms with E-state index in [9.17, 15) is 10.1 Å². The molecule has 0 spiro atoms. The number of nitrogens with zero attached hydrogens (tertiary/aromatic N) is 1. The van der Waals surface area contributed by atoms with Crippen LogP contribution >= 0.6 is 22.9 Å². The van der Waals surface area contributed by atoms with Gasteiger partial charge < -0.3 is 5.32 Å². The van der Waals surface area contributed by atoms with Gasteiger partial charge in [-0.15, -0.1) is 11.3 Å². The Bertz CT molecular complexity index is 558. The summed E-state index contributed by atoms with van der Waals surface area (Å²) >= 11 is 7.49. The molecule has 0 radical (unpaired) electrons. The quantitative estimate of drug-likeness (QED) is 0.503. The van der Waals surface area contributed by atoms with Crippen LogP contribution in [0.2, 0.25) is 5.02 Å². The van der Waals surface area contributed by atoms with Crippen molar-refractivity contribution >= 4 is 28.6 Å². The van der Waals surface area contributed by atoms with Crippen molar-refractivity contribution in [1.82, 2.24) is 5.32 Å². The highest BCUT2D eigenvalue weighted by Gasteiger charge is 2.12. The number of nitrogens with one attached hydrogen (secondary N) is 1. The summed E-state index contributed by atoms with van der Waals surface area (Å²) in [6.45, 7) is 1.44. The molecule has 0 aliphatic rings. The van der Waals surface area contributed by atoms with Crippen molar-refractivity contribution in [2.75, 3.05) is 6.54 Å². The first-order chi connectivity index (χ1) is 9.16. The molecular weight excluding hydrogens is 284 g/mol. The minimum Gasteiger partial charge on any atom is -0.312 e. The van der Waals surface area contributed by atoms with Gasteiger partial charge in [-0.25, -0.2) is 0 Å². The number of halogens is 1. The smallest absolute Gasteiger partial charge is 0.288 e. The van der Waals surface area contributed by atoms with Crippen LogP contribution in [0, 0.1) is 10.1 Å². The third kappa shape index (κ3) is 4.02. The fourth-order valence-electron chi connectivity index (χ4n) is 1.71.